The minimum Gasteiger partial charge on any atom is -0.497 e. The number of carbonyl (C=O) groups excluding carboxylic acids is 1. The van der Waals surface area contributed by atoms with Crippen molar-refractivity contribution in [3.8, 4) is 5.75 Å². The number of carbonyl (C=O) groups is 1. The first kappa shape index (κ1) is 15.8. The molecule has 3 nitrogen and oxygen atoms in total. The second-order valence-electron chi connectivity index (χ2n) is 5.48. The summed E-state index contributed by atoms with van der Waals surface area (Å²) in [7, 11) is 1.64. The van der Waals surface area contributed by atoms with Crippen molar-refractivity contribution < 1.29 is 9.53 Å². The zero-order valence-electron chi connectivity index (χ0n) is 13.5. The fourth-order valence-electron chi connectivity index (χ4n) is 2.54. The number of ether oxygens (including phenoxy) is 1. The third-order valence-electron chi connectivity index (χ3n) is 3.80. The Labute approximate surface area is 141 Å². The molecule has 3 rings (SSSR count). The highest BCUT2D eigenvalue weighted by molar-refractivity contribution is 6.02. The molecule has 0 saturated carbocycles. The Balaban J connectivity index is 1.80. The number of hydrogen-bond acceptors (Lipinski definition) is 3. The van der Waals surface area contributed by atoms with Gasteiger partial charge >= 0.3 is 0 Å². The highest BCUT2D eigenvalue weighted by Crippen LogP contribution is 2.24. The van der Waals surface area contributed by atoms with Gasteiger partial charge in [0.1, 0.15) is 5.75 Å². The average molecular weight is 317 g/mol. The van der Waals surface area contributed by atoms with Crippen LogP contribution in [0.5, 0.6) is 5.75 Å². The van der Waals surface area contributed by atoms with Crippen molar-refractivity contribution >= 4 is 17.2 Å². The summed E-state index contributed by atoms with van der Waals surface area (Å²) < 4.78 is 5.17. The predicted molar refractivity (Wildman–Crippen MR) is 97.2 cm³/mol. The van der Waals surface area contributed by atoms with Crippen molar-refractivity contribution in [2.24, 2.45) is 0 Å². The summed E-state index contributed by atoms with van der Waals surface area (Å²) in [6.45, 7) is 0. The first-order chi connectivity index (χ1) is 11.8. The van der Waals surface area contributed by atoms with Crippen LogP contribution in [0.3, 0.4) is 0 Å². The van der Waals surface area contributed by atoms with E-state index in [9.17, 15) is 4.79 Å². The Bertz CT molecular complexity index is 811. The summed E-state index contributed by atoms with van der Waals surface area (Å²) in [4.78, 5) is 12.7. The van der Waals surface area contributed by atoms with E-state index in [0.717, 1.165) is 22.7 Å². The first-order valence-corrected chi connectivity index (χ1v) is 7.83. The van der Waals surface area contributed by atoms with Gasteiger partial charge in [-0.3, -0.25) is 4.79 Å². The number of Topliss-reactive ketones (excluding diaryl/α,β-unsaturated/α-hetero) is 1. The van der Waals surface area contributed by atoms with Gasteiger partial charge < -0.3 is 10.1 Å². The molecule has 0 aromatic heterocycles. The third-order valence-corrected chi connectivity index (χ3v) is 3.80. The van der Waals surface area contributed by atoms with E-state index in [-0.39, 0.29) is 5.78 Å². The second-order valence-corrected chi connectivity index (χ2v) is 5.48. The van der Waals surface area contributed by atoms with Crippen molar-refractivity contribution in [2.45, 2.75) is 6.42 Å². The highest BCUT2D eigenvalue weighted by Gasteiger charge is 2.12. The molecule has 3 heteroatoms. The van der Waals surface area contributed by atoms with E-state index in [0.29, 0.717) is 12.0 Å². The Morgan fingerprint density at radius 1 is 0.875 bits per heavy atom. The number of ketones is 1. The summed E-state index contributed by atoms with van der Waals surface area (Å²) in [5.41, 5.74) is 3.43. The molecule has 0 heterocycles. The minimum atomic E-state index is 0.0952. The first-order valence-electron chi connectivity index (χ1n) is 7.83. The van der Waals surface area contributed by atoms with Gasteiger partial charge in [0, 0.05) is 23.4 Å². The monoisotopic (exact) mass is 317 g/mol. The maximum Gasteiger partial charge on any atom is 0.169 e. The fourth-order valence-corrected chi connectivity index (χ4v) is 2.54. The van der Waals surface area contributed by atoms with Gasteiger partial charge in [0.05, 0.1) is 7.11 Å². The highest BCUT2D eigenvalue weighted by atomic mass is 16.5. The predicted octanol–water partition coefficient (Wildman–Crippen LogP) is 4.86. The van der Waals surface area contributed by atoms with Crippen LogP contribution in [0.2, 0.25) is 0 Å². The number of methoxy groups -OCH3 is 1. The van der Waals surface area contributed by atoms with Crippen molar-refractivity contribution in [1.82, 2.24) is 0 Å². The van der Waals surface area contributed by atoms with E-state index in [1.807, 2.05) is 78.9 Å². The fraction of sp³-hybridized carbons (Fsp3) is 0.0952. The summed E-state index contributed by atoms with van der Waals surface area (Å²) in [5, 5.41) is 3.31. The Morgan fingerprint density at radius 3 is 2.25 bits per heavy atom. The lowest BCUT2D eigenvalue weighted by molar-refractivity contribution is 0.0994. The molecule has 120 valence electrons. The van der Waals surface area contributed by atoms with Gasteiger partial charge in [-0.2, -0.15) is 0 Å². The molecule has 0 radical (unpaired) electrons. The molecule has 3 aromatic carbocycles. The SMILES string of the molecule is COc1ccc(Nc2ccccc2C(=O)Cc2ccccc2)cc1. The van der Waals surface area contributed by atoms with Gasteiger partial charge in [0.25, 0.3) is 0 Å². The van der Waals surface area contributed by atoms with Gasteiger partial charge in [-0.25, -0.2) is 0 Å². The molecule has 1 N–H and O–H groups in total. The molecule has 0 amide bonds. The molecular formula is C21H19NO2. The van der Waals surface area contributed by atoms with Crippen LogP contribution >= 0.6 is 0 Å². The van der Waals surface area contributed by atoms with Crippen LogP contribution in [-0.2, 0) is 6.42 Å². The van der Waals surface area contributed by atoms with Crippen molar-refractivity contribution in [2.75, 3.05) is 12.4 Å². The standard InChI is InChI=1S/C21H19NO2/c1-24-18-13-11-17(12-14-18)22-20-10-6-5-9-19(20)21(23)15-16-7-3-2-4-8-16/h2-14,22H,15H2,1H3. The summed E-state index contributed by atoms with van der Waals surface area (Å²) in [6.07, 6.45) is 0.391. The summed E-state index contributed by atoms with van der Waals surface area (Å²) in [6, 6.07) is 25.0. The Kier molecular flexibility index (Phi) is 4.92. The Hall–Kier alpha value is -3.07. The van der Waals surface area contributed by atoms with Crippen LogP contribution in [0, 0.1) is 0 Å². The van der Waals surface area contributed by atoms with Crippen LogP contribution < -0.4 is 10.1 Å². The number of para-hydroxylation sites is 1. The average Bonchev–Trinajstić information content (AvgIpc) is 2.63. The van der Waals surface area contributed by atoms with Crippen LogP contribution in [0.4, 0.5) is 11.4 Å². The number of hydrogen-bond donors (Lipinski definition) is 1. The lowest BCUT2D eigenvalue weighted by Crippen LogP contribution is -2.07. The van der Waals surface area contributed by atoms with E-state index in [2.05, 4.69) is 5.32 Å². The van der Waals surface area contributed by atoms with Crippen LogP contribution in [0.1, 0.15) is 15.9 Å². The third kappa shape index (κ3) is 3.82. The molecule has 3 aromatic rings. The van der Waals surface area contributed by atoms with Crippen molar-refractivity contribution in [3.05, 3.63) is 90.0 Å². The van der Waals surface area contributed by atoms with Gasteiger partial charge in [-0.05, 0) is 42.0 Å². The maximum atomic E-state index is 12.7. The normalized spacial score (nSPS) is 10.2. The number of anilines is 2. The molecule has 0 fully saturated rings. The minimum absolute atomic E-state index is 0.0952. The molecule has 24 heavy (non-hydrogen) atoms. The molecule has 0 unspecified atom stereocenters. The maximum absolute atomic E-state index is 12.7. The summed E-state index contributed by atoms with van der Waals surface area (Å²) >= 11 is 0. The molecule has 0 spiro atoms. The molecule has 0 atom stereocenters. The topological polar surface area (TPSA) is 38.3 Å². The van der Waals surface area contributed by atoms with E-state index in [4.69, 9.17) is 4.74 Å². The lowest BCUT2D eigenvalue weighted by atomic mass is 10.0. The van der Waals surface area contributed by atoms with Crippen molar-refractivity contribution in [1.29, 1.82) is 0 Å². The molecule has 0 aliphatic carbocycles. The number of rotatable bonds is 6. The van der Waals surface area contributed by atoms with Gasteiger partial charge in [-0.1, -0.05) is 42.5 Å². The zero-order valence-corrected chi connectivity index (χ0v) is 13.5. The molecule has 0 aliphatic rings. The van der Waals surface area contributed by atoms with Gasteiger partial charge in [0.15, 0.2) is 5.78 Å². The lowest BCUT2D eigenvalue weighted by Gasteiger charge is -2.12. The smallest absolute Gasteiger partial charge is 0.169 e. The number of benzene rings is 3. The van der Waals surface area contributed by atoms with Crippen molar-refractivity contribution in [3.63, 3.8) is 0 Å². The van der Waals surface area contributed by atoms with E-state index >= 15 is 0 Å². The zero-order chi connectivity index (χ0) is 16.8. The van der Waals surface area contributed by atoms with Crippen LogP contribution in [0.15, 0.2) is 78.9 Å². The molecule has 0 aliphatic heterocycles. The van der Waals surface area contributed by atoms with Gasteiger partial charge in [-0.15, -0.1) is 0 Å². The quantitative estimate of drug-likeness (QED) is 0.660. The Morgan fingerprint density at radius 2 is 1.54 bits per heavy atom. The van der Waals surface area contributed by atoms with E-state index < -0.39 is 0 Å². The van der Waals surface area contributed by atoms with Crippen LogP contribution in [-0.4, -0.2) is 12.9 Å². The van der Waals surface area contributed by atoms with E-state index in [1.54, 1.807) is 7.11 Å². The largest absolute Gasteiger partial charge is 0.497 e. The molecule has 0 bridgehead atoms. The van der Waals surface area contributed by atoms with Crippen LogP contribution in [0.25, 0.3) is 0 Å². The molecular weight excluding hydrogens is 298 g/mol. The second kappa shape index (κ2) is 7.47. The van der Waals surface area contributed by atoms with Gasteiger partial charge in [0.2, 0.25) is 0 Å². The van der Waals surface area contributed by atoms with E-state index in [1.165, 1.54) is 0 Å². The number of nitrogens with one attached hydrogen (secondary N) is 1. The summed E-state index contributed by atoms with van der Waals surface area (Å²) in [5.74, 6) is 0.895. The molecule has 0 saturated heterocycles.